The van der Waals surface area contributed by atoms with Gasteiger partial charge in [-0.15, -0.1) is 11.3 Å². The van der Waals surface area contributed by atoms with Crippen LogP contribution >= 0.6 is 27.3 Å². The Labute approximate surface area is 220 Å². The zero-order valence-electron chi connectivity index (χ0n) is 20.4. The van der Waals surface area contributed by atoms with Gasteiger partial charge in [-0.05, 0) is 63.1 Å². The third kappa shape index (κ3) is 4.10. The van der Waals surface area contributed by atoms with Crippen LogP contribution in [0.25, 0.3) is 11.0 Å². The number of hydrogen-bond acceptors (Lipinski definition) is 7. The number of hydrogen-bond donors (Lipinski definition) is 0. The summed E-state index contributed by atoms with van der Waals surface area (Å²) in [6, 6.07) is 10.00. The van der Waals surface area contributed by atoms with Crippen LogP contribution in [0.15, 0.2) is 50.1 Å². The lowest BCUT2D eigenvalue weighted by Crippen LogP contribution is -2.29. The fourth-order valence-corrected chi connectivity index (χ4v) is 5.61. The number of carbonyl (C=O) groups excluding carboxylic acids is 1. The van der Waals surface area contributed by atoms with Crippen molar-refractivity contribution < 1.29 is 18.7 Å². The monoisotopic (exact) mass is 568 g/mol. The number of carbonyl (C=O) groups is 1. The van der Waals surface area contributed by atoms with Crippen LogP contribution in [0.4, 0.5) is 5.13 Å². The third-order valence-electron chi connectivity index (χ3n) is 6.10. The lowest BCUT2D eigenvalue weighted by molar-refractivity contribution is 0.0971. The Morgan fingerprint density at radius 3 is 2.58 bits per heavy atom. The second-order valence-electron chi connectivity index (χ2n) is 8.52. The van der Waals surface area contributed by atoms with Crippen LogP contribution in [0.5, 0.6) is 11.5 Å². The summed E-state index contributed by atoms with van der Waals surface area (Å²) in [5.41, 5.74) is 1.95. The van der Waals surface area contributed by atoms with Crippen molar-refractivity contribution >= 4 is 49.3 Å². The van der Waals surface area contributed by atoms with Gasteiger partial charge in [0.05, 0.1) is 35.9 Å². The topological polar surface area (TPSA) is 81.9 Å². The average molecular weight is 569 g/mol. The number of aromatic nitrogens is 1. The predicted octanol–water partition coefficient (Wildman–Crippen LogP) is 6.57. The maximum Gasteiger partial charge on any atom is 0.297 e. The third-order valence-corrected chi connectivity index (χ3v) is 7.67. The number of rotatable bonds is 7. The van der Waals surface area contributed by atoms with Crippen molar-refractivity contribution in [3.05, 3.63) is 78.6 Å². The molecule has 1 amide bonds. The average Bonchev–Trinajstić information content (AvgIpc) is 3.34. The molecule has 36 heavy (non-hydrogen) atoms. The molecule has 0 saturated carbocycles. The first-order chi connectivity index (χ1) is 17.3. The minimum atomic E-state index is -0.725. The first-order valence-electron chi connectivity index (χ1n) is 11.8. The molecule has 7 nitrogen and oxygen atoms in total. The first kappa shape index (κ1) is 24.5. The minimum Gasteiger partial charge on any atom is -0.490 e. The summed E-state index contributed by atoms with van der Waals surface area (Å²) >= 11 is 4.85. The van der Waals surface area contributed by atoms with Crippen LogP contribution < -0.4 is 19.8 Å². The normalized spacial score (nSPS) is 15.0. The van der Waals surface area contributed by atoms with Crippen molar-refractivity contribution in [1.29, 1.82) is 0 Å². The molecular weight excluding hydrogens is 544 g/mol. The zero-order chi connectivity index (χ0) is 25.6. The molecule has 2 aromatic heterocycles. The molecule has 0 aliphatic carbocycles. The van der Waals surface area contributed by atoms with Crippen molar-refractivity contribution in [3.63, 3.8) is 0 Å². The van der Waals surface area contributed by atoms with Gasteiger partial charge >= 0.3 is 0 Å². The van der Waals surface area contributed by atoms with Gasteiger partial charge in [-0.2, -0.15) is 0 Å². The quantitative estimate of drug-likeness (QED) is 0.251. The van der Waals surface area contributed by atoms with E-state index in [9.17, 15) is 9.59 Å². The van der Waals surface area contributed by atoms with Gasteiger partial charge < -0.3 is 13.9 Å². The summed E-state index contributed by atoms with van der Waals surface area (Å²) in [5, 5.41) is 0.919. The van der Waals surface area contributed by atoms with Crippen molar-refractivity contribution in [2.75, 3.05) is 18.1 Å². The highest BCUT2D eigenvalue weighted by atomic mass is 79.9. The van der Waals surface area contributed by atoms with Gasteiger partial charge in [-0.3, -0.25) is 14.5 Å². The lowest BCUT2D eigenvalue weighted by Gasteiger charge is -2.23. The van der Waals surface area contributed by atoms with E-state index in [4.69, 9.17) is 13.9 Å². The van der Waals surface area contributed by atoms with E-state index in [0.717, 1.165) is 21.5 Å². The zero-order valence-corrected chi connectivity index (χ0v) is 22.8. The molecule has 5 rings (SSSR count). The first-order valence-corrected chi connectivity index (χ1v) is 13.4. The molecule has 1 atom stereocenters. The van der Waals surface area contributed by atoms with Gasteiger partial charge in [0.2, 0.25) is 5.76 Å². The lowest BCUT2D eigenvalue weighted by atomic mass is 9.98. The molecule has 1 aliphatic heterocycles. The van der Waals surface area contributed by atoms with E-state index >= 15 is 0 Å². The number of benzene rings is 2. The molecule has 0 spiro atoms. The number of thiazole rings is 1. The molecule has 0 bridgehead atoms. The standard InChI is InChI=1S/C27H25BrN2O5S/c1-5-11-34-20-9-7-16(12-21(20)33-6-2)23-22-24(31)18-13-17(28)8-10-19(18)35-25(22)26(32)30(23)27-29-14(3)15(4)36-27/h7-10,12-13,23H,5-6,11H2,1-4H3. The van der Waals surface area contributed by atoms with E-state index in [1.54, 1.807) is 23.1 Å². The Hall–Kier alpha value is -3.17. The van der Waals surface area contributed by atoms with E-state index in [1.807, 2.05) is 45.9 Å². The van der Waals surface area contributed by atoms with Gasteiger partial charge in [-0.25, -0.2) is 4.98 Å². The Morgan fingerprint density at radius 1 is 1.08 bits per heavy atom. The molecule has 0 N–H and O–H groups in total. The smallest absolute Gasteiger partial charge is 0.297 e. The Balaban J connectivity index is 1.76. The molecule has 0 radical (unpaired) electrons. The molecule has 4 aromatic rings. The fraction of sp³-hybridized carbons (Fsp3) is 0.296. The highest BCUT2D eigenvalue weighted by Gasteiger charge is 2.45. The minimum absolute atomic E-state index is 0.0367. The van der Waals surface area contributed by atoms with Crippen molar-refractivity contribution in [1.82, 2.24) is 4.98 Å². The van der Waals surface area contributed by atoms with Crippen LogP contribution in [0.2, 0.25) is 0 Å². The summed E-state index contributed by atoms with van der Waals surface area (Å²) in [6.07, 6.45) is 0.859. The Kier molecular flexibility index (Phi) is 6.61. The molecule has 0 fully saturated rings. The van der Waals surface area contributed by atoms with Crippen molar-refractivity contribution in [2.24, 2.45) is 0 Å². The second-order valence-corrected chi connectivity index (χ2v) is 10.6. The van der Waals surface area contributed by atoms with Gasteiger partial charge in [-0.1, -0.05) is 28.9 Å². The fourth-order valence-electron chi connectivity index (χ4n) is 4.31. The molecule has 1 aliphatic rings. The van der Waals surface area contributed by atoms with Crippen LogP contribution in [0.3, 0.4) is 0 Å². The molecular formula is C27H25BrN2O5S. The van der Waals surface area contributed by atoms with Crippen LogP contribution in [-0.2, 0) is 0 Å². The number of aryl methyl sites for hydroxylation is 2. The summed E-state index contributed by atoms with van der Waals surface area (Å²) in [5.74, 6) is 0.821. The number of ether oxygens (including phenoxy) is 2. The maximum atomic E-state index is 13.8. The SMILES string of the molecule is CCCOc1ccc(C2c3c(oc4ccc(Br)cc4c3=O)C(=O)N2c2nc(C)c(C)s2)cc1OCC. The highest BCUT2D eigenvalue weighted by molar-refractivity contribution is 9.10. The van der Waals surface area contributed by atoms with E-state index in [-0.39, 0.29) is 11.2 Å². The van der Waals surface area contributed by atoms with E-state index in [0.29, 0.717) is 51.9 Å². The van der Waals surface area contributed by atoms with E-state index in [2.05, 4.69) is 20.9 Å². The van der Waals surface area contributed by atoms with Gasteiger partial charge in [0, 0.05) is 9.35 Å². The number of fused-ring (bicyclic) bond motifs is 2. The predicted molar refractivity (Wildman–Crippen MR) is 144 cm³/mol. The molecule has 3 heterocycles. The summed E-state index contributed by atoms with van der Waals surface area (Å²) < 4.78 is 18.6. The van der Waals surface area contributed by atoms with Crippen LogP contribution in [-0.4, -0.2) is 24.1 Å². The molecule has 1 unspecified atom stereocenters. The van der Waals surface area contributed by atoms with E-state index in [1.165, 1.54) is 11.3 Å². The molecule has 0 saturated heterocycles. The van der Waals surface area contributed by atoms with E-state index < -0.39 is 11.9 Å². The highest BCUT2D eigenvalue weighted by Crippen LogP contribution is 2.44. The Bertz CT molecular complexity index is 1520. The van der Waals surface area contributed by atoms with Crippen molar-refractivity contribution in [2.45, 2.75) is 40.2 Å². The van der Waals surface area contributed by atoms with Gasteiger partial charge in [0.25, 0.3) is 5.91 Å². The number of halogens is 1. The van der Waals surface area contributed by atoms with Gasteiger partial charge in [0.1, 0.15) is 5.58 Å². The van der Waals surface area contributed by atoms with Gasteiger partial charge in [0.15, 0.2) is 22.1 Å². The summed E-state index contributed by atoms with van der Waals surface area (Å²) in [7, 11) is 0. The second kappa shape index (κ2) is 9.71. The van der Waals surface area contributed by atoms with Crippen molar-refractivity contribution in [3.8, 4) is 11.5 Å². The number of nitrogens with zero attached hydrogens (tertiary/aromatic N) is 2. The summed E-state index contributed by atoms with van der Waals surface area (Å²) in [4.78, 5) is 34.8. The molecule has 9 heteroatoms. The molecule has 2 aromatic carbocycles. The van der Waals surface area contributed by atoms with Crippen LogP contribution in [0.1, 0.15) is 58.6 Å². The largest absolute Gasteiger partial charge is 0.490 e. The molecule has 186 valence electrons. The number of amides is 1. The number of anilines is 1. The maximum absolute atomic E-state index is 13.8. The summed E-state index contributed by atoms with van der Waals surface area (Å²) in [6.45, 7) is 8.80. The Morgan fingerprint density at radius 2 is 1.89 bits per heavy atom. The van der Waals surface area contributed by atoms with Crippen LogP contribution in [0, 0.1) is 13.8 Å².